The van der Waals surface area contributed by atoms with Crippen LogP contribution in [-0.2, 0) is 14.6 Å². The summed E-state index contributed by atoms with van der Waals surface area (Å²) in [5, 5.41) is 3.43. The first-order valence-corrected chi connectivity index (χ1v) is 10.1. The Bertz CT molecular complexity index is 464. The van der Waals surface area contributed by atoms with Gasteiger partial charge in [-0.3, -0.25) is 10.1 Å². The van der Waals surface area contributed by atoms with Gasteiger partial charge in [0, 0.05) is 6.04 Å². The molecule has 0 saturated carbocycles. The van der Waals surface area contributed by atoms with Gasteiger partial charge in [-0.25, -0.2) is 8.42 Å². The number of nitrogens with zero attached hydrogens (tertiary/aromatic N) is 1. The van der Waals surface area contributed by atoms with E-state index in [0.717, 1.165) is 38.5 Å². The number of rotatable bonds is 6. The summed E-state index contributed by atoms with van der Waals surface area (Å²) < 4.78 is 23.8. The van der Waals surface area contributed by atoms with E-state index in [9.17, 15) is 13.2 Å². The van der Waals surface area contributed by atoms with E-state index in [1.807, 2.05) is 4.90 Å². The number of hydrogen-bond acceptors (Lipinski definition) is 4. The maximum atomic E-state index is 12.7. The van der Waals surface area contributed by atoms with Crippen molar-refractivity contribution in [3.05, 3.63) is 0 Å². The van der Waals surface area contributed by atoms with Crippen LogP contribution in [0.3, 0.4) is 0 Å². The molecular formula is C15H28N2O3S. The molecule has 6 heteroatoms. The molecule has 2 fully saturated rings. The van der Waals surface area contributed by atoms with Gasteiger partial charge in [0.15, 0.2) is 9.84 Å². The number of nitrogens with one attached hydrogen (secondary N) is 1. The lowest BCUT2D eigenvalue weighted by atomic mass is 10.1. The molecule has 122 valence electrons. The zero-order valence-corrected chi connectivity index (χ0v) is 14.0. The summed E-state index contributed by atoms with van der Waals surface area (Å²) >= 11 is 0. The van der Waals surface area contributed by atoms with Crippen molar-refractivity contribution < 1.29 is 13.2 Å². The Labute approximate surface area is 128 Å². The Morgan fingerprint density at radius 1 is 1.24 bits per heavy atom. The number of unbranched alkanes of at least 4 members (excludes halogenated alkanes) is 1. The predicted octanol–water partition coefficient (Wildman–Crippen LogP) is 1.68. The molecule has 0 aromatic carbocycles. The third-order valence-electron chi connectivity index (χ3n) is 4.52. The summed E-state index contributed by atoms with van der Waals surface area (Å²) in [5.41, 5.74) is 0. The van der Waals surface area contributed by atoms with Gasteiger partial charge in [0.1, 0.15) is 0 Å². The summed E-state index contributed by atoms with van der Waals surface area (Å²) in [6, 6.07) is -0.252. The first kappa shape index (κ1) is 16.7. The molecule has 5 nitrogen and oxygen atoms in total. The first-order valence-electron chi connectivity index (χ1n) is 8.27. The molecule has 0 aliphatic carbocycles. The zero-order chi connectivity index (χ0) is 15.5. The third-order valence-corrected chi connectivity index (χ3v) is 6.33. The quantitative estimate of drug-likeness (QED) is 0.809. The van der Waals surface area contributed by atoms with E-state index in [-0.39, 0.29) is 35.7 Å². The van der Waals surface area contributed by atoms with Gasteiger partial charge in [0.25, 0.3) is 0 Å². The van der Waals surface area contributed by atoms with Crippen LogP contribution in [0.2, 0.25) is 0 Å². The SMILES string of the molecule is CCCCC1NC(CCC)N(C2CCCS(=O)(=O)C2)C1=O. The molecule has 0 aromatic heterocycles. The van der Waals surface area contributed by atoms with Crippen molar-refractivity contribution in [1.29, 1.82) is 0 Å². The smallest absolute Gasteiger partial charge is 0.241 e. The monoisotopic (exact) mass is 316 g/mol. The summed E-state index contributed by atoms with van der Waals surface area (Å²) in [4.78, 5) is 14.5. The van der Waals surface area contributed by atoms with Crippen molar-refractivity contribution in [3.63, 3.8) is 0 Å². The second-order valence-corrected chi connectivity index (χ2v) is 8.55. The predicted molar refractivity (Wildman–Crippen MR) is 83.7 cm³/mol. The van der Waals surface area contributed by atoms with Crippen LogP contribution in [0.4, 0.5) is 0 Å². The van der Waals surface area contributed by atoms with Crippen LogP contribution in [0.15, 0.2) is 0 Å². The molecular weight excluding hydrogens is 288 g/mol. The van der Waals surface area contributed by atoms with Crippen LogP contribution in [0.5, 0.6) is 0 Å². The van der Waals surface area contributed by atoms with E-state index in [1.54, 1.807) is 0 Å². The fourth-order valence-corrected chi connectivity index (χ4v) is 5.17. The number of sulfone groups is 1. The topological polar surface area (TPSA) is 66.5 Å². The van der Waals surface area contributed by atoms with Crippen molar-refractivity contribution in [3.8, 4) is 0 Å². The van der Waals surface area contributed by atoms with E-state index in [2.05, 4.69) is 19.2 Å². The summed E-state index contributed by atoms with van der Waals surface area (Å²) in [5.74, 6) is 0.529. The van der Waals surface area contributed by atoms with E-state index in [0.29, 0.717) is 6.42 Å². The highest BCUT2D eigenvalue weighted by molar-refractivity contribution is 7.91. The average Bonchev–Trinajstić information content (AvgIpc) is 2.72. The maximum Gasteiger partial charge on any atom is 0.241 e. The molecule has 0 radical (unpaired) electrons. The minimum Gasteiger partial charge on any atom is -0.322 e. The molecule has 0 spiro atoms. The number of amides is 1. The second-order valence-electron chi connectivity index (χ2n) is 6.32. The van der Waals surface area contributed by atoms with Gasteiger partial charge in [-0.1, -0.05) is 33.1 Å². The largest absolute Gasteiger partial charge is 0.322 e. The molecule has 2 aliphatic heterocycles. The Morgan fingerprint density at radius 3 is 2.62 bits per heavy atom. The highest BCUT2D eigenvalue weighted by Gasteiger charge is 2.43. The van der Waals surface area contributed by atoms with Gasteiger partial charge in [-0.2, -0.15) is 0 Å². The molecule has 2 aliphatic rings. The molecule has 2 heterocycles. The van der Waals surface area contributed by atoms with Crippen LogP contribution in [0.1, 0.15) is 58.8 Å². The van der Waals surface area contributed by atoms with Gasteiger partial charge in [0.2, 0.25) is 5.91 Å². The molecule has 2 rings (SSSR count). The Balaban J connectivity index is 2.11. The van der Waals surface area contributed by atoms with E-state index >= 15 is 0 Å². The van der Waals surface area contributed by atoms with Crippen molar-refractivity contribution in [2.75, 3.05) is 11.5 Å². The summed E-state index contributed by atoms with van der Waals surface area (Å²) in [6.07, 6.45) is 6.34. The van der Waals surface area contributed by atoms with Crippen molar-refractivity contribution in [2.24, 2.45) is 0 Å². The summed E-state index contributed by atoms with van der Waals surface area (Å²) in [7, 11) is -2.99. The van der Waals surface area contributed by atoms with Gasteiger partial charge in [-0.05, 0) is 25.7 Å². The van der Waals surface area contributed by atoms with Crippen molar-refractivity contribution >= 4 is 15.7 Å². The fourth-order valence-electron chi connectivity index (χ4n) is 3.48. The molecule has 0 bridgehead atoms. The fraction of sp³-hybridized carbons (Fsp3) is 0.933. The average molecular weight is 316 g/mol. The lowest BCUT2D eigenvalue weighted by molar-refractivity contribution is -0.132. The van der Waals surface area contributed by atoms with Gasteiger partial charge in [0.05, 0.1) is 23.7 Å². The molecule has 1 amide bonds. The standard InChI is InChI=1S/C15H28N2O3S/c1-3-5-9-13-15(18)17(14(16-13)7-4-2)12-8-6-10-21(19,20)11-12/h12-14,16H,3-11H2,1-2H3. The Hall–Kier alpha value is -0.620. The molecule has 21 heavy (non-hydrogen) atoms. The van der Waals surface area contributed by atoms with Crippen LogP contribution in [0.25, 0.3) is 0 Å². The maximum absolute atomic E-state index is 12.7. The summed E-state index contributed by atoms with van der Waals surface area (Å²) in [6.45, 7) is 4.22. The van der Waals surface area contributed by atoms with Crippen LogP contribution >= 0.6 is 0 Å². The highest BCUT2D eigenvalue weighted by Crippen LogP contribution is 2.26. The van der Waals surface area contributed by atoms with Crippen molar-refractivity contribution in [2.45, 2.75) is 77.0 Å². The van der Waals surface area contributed by atoms with Gasteiger partial charge in [-0.15, -0.1) is 0 Å². The number of hydrogen-bond donors (Lipinski definition) is 1. The normalized spacial score (nSPS) is 32.6. The molecule has 3 atom stereocenters. The second kappa shape index (κ2) is 7.09. The van der Waals surface area contributed by atoms with Crippen molar-refractivity contribution in [1.82, 2.24) is 10.2 Å². The lowest BCUT2D eigenvalue weighted by Crippen LogP contribution is -2.49. The lowest BCUT2D eigenvalue weighted by Gasteiger charge is -2.34. The molecule has 0 aromatic rings. The van der Waals surface area contributed by atoms with E-state index < -0.39 is 9.84 Å². The highest BCUT2D eigenvalue weighted by atomic mass is 32.2. The minimum absolute atomic E-state index is 0.0163. The number of carbonyl (C=O) groups excluding carboxylic acids is 1. The van der Waals surface area contributed by atoms with Crippen LogP contribution in [-0.4, -0.2) is 49.0 Å². The molecule has 3 unspecified atom stereocenters. The minimum atomic E-state index is -2.99. The van der Waals surface area contributed by atoms with Crippen LogP contribution in [0, 0.1) is 0 Å². The Morgan fingerprint density at radius 2 is 2.00 bits per heavy atom. The van der Waals surface area contributed by atoms with Crippen LogP contribution < -0.4 is 5.32 Å². The molecule has 2 saturated heterocycles. The number of carbonyl (C=O) groups is 1. The van der Waals surface area contributed by atoms with E-state index in [1.165, 1.54) is 0 Å². The Kier molecular flexibility index (Phi) is 5.66. The molecule has 1 N–H and O–H groups in total. The third kappa shape index (κ3) is 3.97. The van der Waals surface area contributed by atoms with Gasteiger partial charge < -0.3 is 4.90 Å². The van der Waals surface area contributed by atoms with Gasteiger partial charge >= 0.3 is 0 Å². The first-order chi connectivity index (χ1) is 9.98. The zero-order valence-electron chi connectivity index (χ0n) is 13.2. The van der Waals surface area contributed by atoms with E-state index in [4.69, 9.17) is 0 Å².